The van der Waals surface area contributed by atoms with Crippen LogP contribution in [0.5, 0.6) is 0 Å². The lowest BCUT2D eigenvalue weighted by atomic mass is 9.86. The van der Waals surface area contributed by atoms with Gasteiger partial charge < -0.3 is 9.16 Å². The van der Waals surface area contributed by atoms with E-state index in [4.69, 9.17) is 9.16 Å². The molecule has 168 valence electrons. The third-order valence-electron chi connectivity index (χ3n) is 6.20. The van der Waals surface area contributed by atoms with E-state index in [0.717, 1.165) is 17.6 Å². The molecule has 0 spiro atoms. The number of hydrogen-bond acceptors (Lipinski definition) is 4. The van der Waals surface area contributed by atoms with Crippen LogP contribution in [0.4, 0.5) is 0 Å². The quantitative estimate of drug-likeness (QED) is 0.221. The molecule has 0 amide bonds. The van der Waals surface area contributed by atoms with E-state index in [0.29, 0.717) is 6.42 Å². The van der Waals surface area contributed by atoms with Crippen LogP contribution in [0.15, 0.2) is 23.8 Å². The van der Waals surface area contributed by atoms with Gasteiger partial charge in [0.1, 0.15) is 5.78 Å². The van der Waals surface area contributed by atoms with Crippen LogP contribution in [0.1, 0.15) is 68.2 Å². The van der Waals surface area contributed by atoms with E-state index in [1.54, 1.807) is 0 Å². The fourth-order valence-corrected chi connectivity index (χ4v) is 4.50. The molecule has 4 nitrogen and oxygen atoms in total. The highest BCUT2D eigenvalue weighted by Gasteiger charge is 2.42. The van der Waals surface area contributed by atoms with Crippen LogP contribution in [0.3, 0.4) is 0 Å². The van der Waals surface area contributed by atoms with E-state index >= 15 is 0 Å². The Bertz CT molecular complexity index is 613. The number of carbonyl (C=O) groups is 2. The maximum Gasteiger partial charge on any atom is 0.308 e. The maximum atomic E-state index is 13.2. The van der Waals surface area contributed by atoms with E-state index in [2.05, 4.69) is 47.4 Å². The molecule has 0 saturated heterocycles. The molecule has 0 aliphatic heterocycles. The summed E-state index contributed by atoms with van der Waals surface area (Å²) in [5.74, 6) is -0.815. The first-order valence-electron chi connectivity index (χ1n) is 10.7. The minimum Gasteiger partial charge on any atom is -0.469 e. The summed E-state index contributed by atoms with van der Waals surface area (Å²) in [4.78, 5) is 24.9. The van der Waals surface area contributed by atoms with Crippen LogP contribution in [0.25, 0.3) is 0 Å². The van der Waals surface area contributed by atoms with Crippen molar-refractivity contribution in [2.45, 2.75) is 92.5 Å². The summed E-state index contributed by atoms with van der Waals surface area (Å²) in [6, 6.07) is 0. The lowest BCUT2D eigenvalue weighted by Crippen LogP contribution is -2.47. The van der Waals surface area contributed by atoms with Crippen molar-refractivity contribution in [3.05, 3.63) is 23.8 Å². The molecule has 0 N–H and O–H groups in total. The molecule has 5 heteroatoms. The van der Waals surface area contributed by atoms with Crippen molar-refractivity contribution >= 4 is 20.1 Å². The van der Waals surface area contributed by atoms with Crippen LogP contribution in [-0.2, 0) is 18.8 Å². The summed E-state index contributed by atoms with van der Waals surface area (Å²) in [5.41, 5.74) is 2.00. The second-order valence-corrected chi connectivity index (χ2v) is 14.7. The SMILES string of the molecule is C=C(CC)[C@@H](O[Si](C)(C)C(C)(C)C)[C@H](C)C(=O)[C@H](C)/C=C(\C)C[C@H](C)C(=O)OC. The zero-order valence-electron chi connectivity index (χ0n) is 20.6. The summed E-state index contributed by atoms with van der Waals surface area (Å²) in [7, 11) is -0.643. The molecule has 0 aromatic heterocycles. The van der Waals surface area contributed by atoms with Gasteiger partial charge in [0.25, 0.3) is 0 Å². The number of carbonyl (C=O) groups excluding carboxylic acids is 2. The largest absolute Gasteiger partial charge is 0.469 e. The van der Waals surface area contributed by atoms with Crippen LogP contribution >= 0.6 is 0 Å². The second-order valence-electron chi connectivity index (χ2n) is 9.93. The molecule has 4 atom stereocenters. The monoisotopic (exact) mass is 424 g/mol. The Hall–Kier alpha value is -1.20. The molecular formula is C24H44O4Si. The van der Waals surface area contributed by atoms with Crippen LogP contribution in [0.2, 0.25) is 18.1 Å². The molecule has 29 heavy (non-hydrogen) atoms. The number of rotatable bonds is 11. The molecule has 0 radical (unpaired) electrons. The number of ketones is 1. The Kier molecular flexibility index (Phi) is 10.8. The first-order chi connectivity index (χ1) is 13.1. The van der Waals surface area contributed by atoms with Crippen molar-refractivity contribution in [3.63, 3.8) is 0 Å². The maximum absolute atomic E-state index is 13.2. The van der Waals surface area contributed by atoms with Gasteiger partial charge in [-0.2, -0.15) is 0 Å². The number of ether oxygens (including phenoxy) is 1. The van der Waals surface area contributed by atoms with Crippen molar-refractivity contribution in [2.75, 3.05) is 7.11 Å². The average molecular weight is 425 g/mol. The lowest BCUT2D eigenvalue weighted by Gasteiger charge is -2.41. The molecule has 0 rings (SSSR count). The van der Waals surface area contributed by atoms with Gasteiger partial charge in [0, 0.05) is 11.8 Å². The summed E-state index contributed by atoms with van der Waals surface area (Å²) >= 11 is 0. The van der Waals surface area contributed by atoms with Crippen molar-refractivity contribution in [2.24, 2.45) is 17.8 Å². The van der Waals surface area contributed by atoms with Gasteiger partial charge in [-0.3, -0.25) is 9.59 Å². The van der Waals surface area contributed by atoms with Gasteiger partial charge in [-0.15, -0.1) is 0 Å². The van der Waals surface area contributed by atoms with Gasteiger partial charge in [0.15, 0.2) is 8.32 Å². The fraction of sp³-hybridized carbons (Fsp3) is 0.750. The Morgan fingerprint density at radius 3 is 2.07 bits per heavy atom. The average Bonchev–Trinajstić information content (AvgIpc) is 2.62. The van der Waals surface area contributed by atoms with Gasteiger partial charge in [-0.1, -0.05) is 66.7 Å². The summed E-state index contributed by atoms with van der Waals surface area (Å²) in [6.45, 7) is 25.0. The fourth-order valence-electron chi connectivity index (χ4n) is 3.14. The van der Waals surface area contributed by atoms with Gasteiger partial charge in [0.2, 0.25) is 0 Å². The highest BCUT2D eigenvalue weighted by molar-refractivity contribution is 6.74. The molecule has 0 bridgehead atoms. The van der Waals surface area contributed by atoms with Crippen LogP contribution < -0.4 is 0 Å². The molecule has 0 aromatic rings. The molecule has 0 aliphatic rings. The normalized spacial score (nSPS) is 17.3. The first-order valence-corrected chi connectivity index (χ1v) is 13.6. The Morgan fingerprint density at radius 1 is 1.14 bits per heavy atom. The molecule has 0 aromatic carbocycles. The second kappa shape index (κ2) is 11.3. The zero-order chi connectivity index (χ0) is 23.2. The molecule has 0 saturated carbocycles. The number of Topliss-reactive ketones (excluding diaryl/α,β-unsaturated/α-hetero) is 1. The number of methoxy groups -OCH3 is 1. The summed E-state index contributed by atoms with van der Waals surface area (Å²) in [5, 5.41) is 0.0637. The number of esters is 1. The topological polar surface area (TPSA) is 52.6 Å². The standard InChI is InChI=1S/C24H44O4Si/c1-13-17(3)22(28-29(11,12)24(7,8)9)20(6)21(25)18(4)14-16(2)15-19(5)23(26)27-10/h14,18-20,22H,3,13,15H2,1-2,4-12H3/b16-14+/t18-,19+,20-,22-/m1/s1. The third-order valence-corrected chi connectivity index (χ3v) is 10.7. The van der Waals surface area contributed by atoms with Crippen molar-refractivity contribution in [1.82, 2.24) is 0 Å². The van der Waals surface area contributed by atoms with E-state index in [1.165, 1.54) is 7.11 Å². The number of allylic oxidation sites excluding steroid dienone is 2. The van der Waals surface area contributed by atoms with Gasteiger partial charge in [-0.05, 0) is 43.5 Å². The van der Waals surface area contributed by atoms with Gasteiger partial charge in [0.05, 0.1) is 19.1 Å². The highest BCUT2D eigenvalue weighted by Crippen LogP contribution is 2.39. The third kappa shape index (κ3) is 8.21. The predicted octanol–water partition coefficient (Wildman–Crippen LogP) is 6.33. The lowest BCUT2D eigenvalue weighted by molar-refractivity contribution is -0.144. The minimum absolute atomic E-state index is 0.0637. The molecule has 0 aliphatic carbocycles. The molecular weight excluding hydrogens is 380 g/mol. The smallest absolute Gasteiger partial charge is 0.308 e. The van der Waals surface area contributed by atoms with Gasteiger partial charge >= 0.3 is 5.97 Å². The first kappa shape index (κ1) is 27.8. The van der Waals surface area contributed by atoms with E-state index < -0.39 is 8.32 Å². The van der Waals surface area contributed by atoms with Crippen molar-refractivity contribution < 1.29 is 18.8 Å². The van der Waals surface area contributed by atoms with E-state index in [1.807, 2.05) is 33.8 Å². The van der Waals surface area contributed by atoms with E-state index in [9.17, 15) is 9.59 Å². The number of hydrogen-bond donors (Lipinski definition) is 0. The van der Waals surface area contributed by atoms with E-state index in [-0.39, 0.29) is 40.6 Å². The van der Waals surface area contributed by atoms with Crippen molar-refractivity contribution in [3.8, 4) is 0 Å². The van der Waals surface area contributed by atoms with Crippen molar-refractivity contribution in [1.29, 1.82) is 0 Å². The minimum atomic E-state index is -2.04. The Labute approximate surface area is 180 Å². The molecule has 0 unspecified atom stereocenters. The molecule has 0 heterocycles. The molecule has 0 fully saturated rings. The highest BCUT2D eigenvalue weighted by atomic mass is 28.4. The van der Waals surface area contributed by atoms with Gasteiger partial charge in [-0.25, -0.2) is 0 Å². The summed E-state index contributed by atoms with van der Waals surface area (Å²) in [6.07, 6.45) is 3.08. The summed E-state index contributed by atoms with van der Waals surface area (Å²) < 4.78 is 11.4. The predicted molar refractivity (Wildman–Crippen MR) is 124 cm³/mol. The zero-order valence-corrected chi connectivity index (χ0v) is 21.6. The van der Waals surface area contributed by atoms with Crippen LogP contribution in [0, 0.1) is 17.8 Å². The Morgan fingerprint density at radius 2 is 1.66 bits per heavy atom. The van der Waals surface area contributed by atoms with Crippen LogP contribution in [-0.4, -0.2) is 33.3 Å². The Balaban J connectivity index is 5.46.